The van der Waals surface area contributed by atoms with Crippen molar-refractivity contribution in [2.24, 2.45) is 0 Å². The summed E-state index contributed by atoms with van der Waals surface area (Å²) in [4.78, 5) is 11.1. The molecule has 0 aliphatic rings. The van der Waals surface area contributed by atoms with Crippen LogP contribution in [0.15, 0.2) is 30.3 Å². The van der Waals surface area contributed by atoms with Crippen molar-refractivity contribution < 1.29 is 19.0 Å². The van der Waals surface area contributed by atoms with Crippen LogP contribution in [0.2, 0.25) is 0 Å². The van der Waals surface area contributed by atoms with Gasteiger partial charge in [-0.1, -0.05) is 25.1 Å². The van der Waals surface area contributed by atoms with Gasteiger partial charge in [-0.3, -0.25) is 4.79 Å². The first kappa shape index (κ1) is 16.5. The van der Waals surface area contributed by atoms with Crippen LogP contribution in [0.3, 0.4) is 0 Å². The molecule has 4 nitrogen and oxygen atoms in total. The molecule has 0 saturated carbocycles. The standard InChI is InChI=1S/C16H24O4/c1-2-8-16(17)20-14-7-12-18-11-6-13-19-15-9-4-3-5-10-15/h3-5,9-10H,2,6-8,11-14H2,1H3. The second kappa shape index (κ2) is 11.3. The second-order valence-corrected chi connectivity index (χ2v) is 4.45. The number of hydrogen-bond donors (Lipinski definition) is 0. The monoisotopic (exact) mass is 280 g/mol. The van der Waals surface area contributed by atoms with Gasteiger partial charge in [-0.15, -0.1) is 0 Å². The van der Waals surface area contributed by atoms with Gasteiger partial charge in [0.2, 0.25) is 0 Å². The summed E-state index contributed by atoms with van der Waals surface area (Å²) in [6.45, 7) is 4.33. The van der Waals surface area contributed by atoms with Crippen molar-refractivity contribution in [2.45, 2.75) is 32.6 Å². The average Bonchev–Trinajstić information content (AvgIpc) is 2.47. The highest BCUT2D eigenvalue weighted by molar-refractivity contribution is 5.69. The maximum atomic E-state index is 11.1. The number of para-hydroxylation sites is 1. The molecule has 4 heteroatoms. The fourth-order valence-corrected chi connectivity index (χ4v) is 1.59. The van der Waals surface area contributed by atoms with E-state index < -0.39 is 0 Å². The normalized spacial score (nSPS) is 10.2. The Morgan fingerprint density at radius 3 is 2.40 bits per heavy atom. The summed E-state index contributed by atoms with van der Waals surface area (Å²) in [6.07, 6.45) is 2.92. The van der Waals surface area contributed by atoms with Crippen LogP contribution in [-0.2, 0) is 14.3 Å². The fourth-order valence-electron chi connectivity index (χ4n) is 1.59. The first-order valence-corrected chi connectivity index (χ1v) is 7.24. The summed E-state index contributed by atoms with van der Waals surface area (Å²) < 4.78 is 16.0. The van der Waals surface area contributed by atoms with Crippen molar-refractivity contribution in [3.63, 3.8) is 0 Å². The van der Waals surface area contributed by atoms with Crippen LogP contribution < -0.4 is 4.74 Å². The fraction of sp³-hybridized carbons (Fsp3) is 0.562. The van der Waals surface area contributed by atoms with Gasteiger partial charge in [0.05, 0.1) is 13.2 Å². The minimum atomic E-state index is -0.122. The van der Waals surface area contributed by atoms with Crippen LogP contribution in [0.25, 0.3) is 0 Å². The molecule has 0 bridgehead atoms. The Labute approximate surface area is 121 Å². The molecule has 0 aromatic heterocycles. The van der Waals surface area contributed by atoms with Crippen LogP contribution in [0, 0.1) is 0 Å². The van der Waals surface area contributed by atoms with Gasteiger partial charge >= 0.3 is 5.97 Å². The van der Waals surface area contributed by atoms with Crippen molar-refractivity contribution in [1.82, 2.24) is 0 Å². The van der Waals surface area contributed by atoms with Gasteiger partial charge in [0, 0.05) is 32.5 Å². The van der Waals surface area contributed by atoms with Gasteiger partial charge in [0.1, 0.15) is 5.75 Å². The van der Waals surface area contributed by atoms with E-state index in [0.717, 1.165) is 25.0 Å². The Hall–Kier alpha value is -1.55. The third-order valence-electron chi connectivity index (χ3n) is 2.60. The Morgan fingerprint density at radius 2 is 1.70 bits per heavy atom. The molecule has 0 amide bonds. The molecule has 112 valence electrons. The molecule has 0 unspecified atom stereocenters. The molecule has 0 atom stereocenters. The molecule has 0 aliphatic carbocycles. The van der Waals surface area contributed by atoms with Crippen molar-refractivity contribution in [3.8, 4) is 5.75 Å². The van der Waals surface area contributed by atoms with Crippen LogP contribution in [0.5, 0.6) is 5.75 Å². The van der Waals surface area contributed by atoms with E-state index in [2.05, 4.69) is 0 Å². The van der Waals surface area contributed by atoms with Crippen molar-refractivity contribution in [2.75, 3.05) is 26.4 Å². The van der Waals surface area contributed by atoms with E-state index in [9.17, 15) is 4.79 Å². The second-order valence-electron chi connectivity index (χ2n) is 4.45. The number of esters is 1. The summed E-state index contributed by atoms with van der Waals surface area (Å²) >= 11 is 0. The molecule has 0 heterocycles. The quantitative estimate of drug-likeness (QED) is 0.461. The van der Waals surface area contributed by atoms with Crippen molar-refractivity contribution in [1.29, 1.82) is 0 Å². The van der Waals surface area contributed by atoms with Crippen LogP contribution in [0.4, 0.5) is 0 Å². The maximum Gasteiger partial charge on any atom is 0.305 e. The highest BCUT2D eigenvalue weighted by Gasteiger charge is 1.99. The first-order valence-electron chi connectivity index (χ1n) is 7.24. The van der Waals surface area contributed by atoms with Crippen molar-refractivity contribution >= 4 is 5.97 Å². The summed E-state index contributed by atoms with van der Waals surface area (Å²) in [5.41, 5.74) is 0. The zero-order chi connectivity index (χ0) is 14.5. The summed E-state index contributed by atoms with van der Waals surface area (Å²) in [5.74, 6) is 0.763. The molecular weight excluding hydrogens is 256 g/mol. The minimum Gasteiger partial charge on any atom is -0.494 e. The Kier molecular flexibility index (Phi) is 9.32. The lowest BCUT2D eigenvalue weighted by molar-refractivity contribution is -0.144. The molecule has 1 aromatic carbocycles. The van der Waals surface area contributed by atoms with E-state index in [1.165, 1.54) is 0 Å². The summed E-state index contributed by atoms with van der Waals surface area (Å²) in [5, 5.41) is 0. The third-order valence-corrected chi connectivity index (χ3v) is 2.60. The number of ether oxygens (including phenoxy) is 3. The molecule has 0 saturated heterocycles. The molecule has 0 radical (unpaired) electrons. The van der Waals surface area contributed by atoms with E-state index in [1.807, 2.05) is 37.3 Å². The van der Waals surface area contributed by atoms with Crippen LogP contribution in [-0.4, -0.2) is 32.4 Å². The highest BCUT2D eigenvalue weighted by atomic mass is 16.5. The van der Waals surface area contributed by atoms with Gasteiger partial charge in [0.15, 0.2) is 0 Å². The molecular formula is C16H24O4. The molecule has 1 rings (SSSR count). The minimum absolute atomic E-state index is 0.122. The highest BCUT2D eigenvalue weighted by Crippen LogP contribution is 2.08. The number of benzene rings is 1. The zero-order valence-electron chi connectivity index (χ0n) is 12.2. The predicted octanol–water partition coefficient (Wildman–Crippen LogP) is 3.21. The van der Waals surface area contributed by atoms with Gasteiger partial charge in [-0.25, -0.2) is 0 Å². The molecule has 0 fully saturated rings. The molecule has 1 aromatic rings. The lowest BCUT2D eigenvalue weighted by Crippen LogP contribution is -2.08. The van der Waals surface area contributed by atoms with Crippen LogP contribution >= 0.6 is 0 Å². The SMILES string of the molecule is CCCC(=O)OCCCOCCCOc1ccccc1. The zero-order valence-corrected chi connectivity index (χ0v) is 12.2. The lowest BCUT2D eigenvalue weighted by Gasteiger charge is -2.07. The Balaban J connectivity index is 1.84. The van der Waals surface area contributed by atoms with E-state index in [4.69, 9.17) is 14.2 Å². The topological polar surface area (TPSA) is 44.8 Å². The van der Waals surface area contributed by atoms with Gasteiger partial charge < -0.3 is 14.2 Å². The van der Waals surface area contributed by atoms with E-state index in [0.29, 0.717) is 32.8 Å². The number of hydrogen-bond acceptors (Lipinski definition) is 4. The Bertz CT molecular complexity index is 351. The van der Waals surface area contributed by atoms with E-state index in [-0.39, 0.29) is 5.97 Å². The van der Waals surface area contributed by atoms with Gasteiger partial charge in [-0.05, 0) is 18.6 Å². The molecule has 0 spiro atoms. The molecule has 0 N–H and O–H groups in total. The number of carbonyl (C=O) groups is 1. The van der Waals surface area contributed by atoms with E-state index >= 15 is 0 Å². The largest absolute Gasteiger partial charge is 0.494 e. The summed E-state index contributed by atoms with van der Waals surface area (Å²) in [6, 6.07) is 9.73. The third kappa shape index (κ3) is 8.53. The smallest absolute Gasteiger partial charge is 0.305 e. The van der Waals surface area contributed by atoms with Gasteiger partial charge in [0.25, 0.3) is 0 Å². The maximum absolute atomic E-state index is 11.1. The van der Waals surface area contributed by atoms with Gasteiger partial charge in [-0.2, -0.15) is 0 Å². The van der Waals surface area contributed by atoms with Crippen molar-refractivity contribution in [3.05, 3.63) is 30.3 Å². The predicted molar refractivity (Wildman–Crippen MR) is 77.9 cm³/mol. The average molecular weight is 280 g/mol. The lowest BCUT2D eigenvalue weighted by atomic mass is 10.3. The van der Waals surface area contributed by atoms with E-state index in [1.54, 1.807) is 0 Å². The summed E-state index contributed by atoms with van der Waals surface area (Å²) in [7, 11) is 0. The number of rotatable bonds is 11. The van der Waals surface area contributed by atoms with Crippen LogP contribution in [0.1, 0.15) is 32.6 Å². The number of carbonyl (C=O) groups excluding carboxylic acids is 1. The Morgan fingerprint density at radius 1 is 1.00 bits per heavy atom. The first-order chi connectivity index (χ1) is 9.83. The molecule has 0 aliphatic heterocycles. The molecule has 20 heavy (non-hydrogen) atoms.